The fourth-order valence-electron chi connectivity index (χ4n) is 3.42. The molecular weight excluding hydrogens is 484 g/mol. The summed E-state index contributed by atoms with van der Waals surface area (Å²) in [6.07, 6.45) is -13.1. The lowest BCUT2D eigenvalue weighted by atomic mass is 10.0. The number of carbonyl (C=O) groups excluding carboxylic acids is 1. The third-order valence-corrected chi connectivity index (χ3v) is 4.85. The Balaban J connectivity index is 1.63. The van der Waals surface area contributed by atoms with Crippen LogP contribution in [0.15, 0.2) is 42.5 Å². The van der Waals surface area contributed by atoms with Crippen molar-refractivity contribution < 1.29 is 45.6 Å². The van der Waals surface area contributed by atoms with Crippen molar-refractivity contribution in [2.24, 2.45) is 0 Å². The number of carbonyl (C=O) groups is 1. The lowest BCUT2D eigenvalue weighted by molar-refractivity contribution is -0.263. The van der Waals surface area contributed by atoms with Crippen LogP contribution in [-0.4, -0.2) is 42.5 Å². The minimum absolute atomic E-state index is 0.0637. The van der Waals surface area contributed by atoms with Crippen LogP contribution in [-0.2, 0) is 27.1 Å². The molecule has 13 heteroatoms. The standard InChI is InChI=1S/C22H19F6N3O4/c1-13(32)30-16-4-6-17(7-5-16)35-33-12-18-11-31(20(34-18)22(26,27)28)10-14-2-3-15(9-29)19(8-14)21(23,24)25/h2-8,18,20H,10-12H2,1H3,(H,30,32)/t18-,20-/m0/s1. The maximum absolute atomic E-state index is 13.5. The largest absolute Gasteiger partial charge is 0.428 e. The van der Waals surface area contributed by atoms with Gasteiger partial charge in [-0.05, 0) is 42.0 Å². The third-order valence-electron chi connectivity index (χ3n) is 4.85. The summed E-state index contributed by atoms with van der Waals surface area (Å²) >= 11 is 0. The molecule has 0 aliphatic carbocycles. The molecule has 2 aromatic carbocycles. The van der Waals surface area contributed by atoms with E-state index in [1.165, 1.54) is 43.3 Å². The van der Waals surface area contributed by atoms with Crippen LogP contribution >= 0.6 is 0 Å². The Morgan fingerprint density at radius 1 is 1.17 bits per heavy atom. The molecule has 1 fully saturated rings. The van der Waals surface area contributed by atoms with Crippen molar-refractivity contribution in [1.29, 1.82) is 5.26 Å². The van der Waals surface area contributed by atoms with E-state index in [0.717, 1.165) is 11.0 Å². The molecule has 1 heterocycles. The molecule has 0 unspecified atom stereocenters. The zero-order chi connectivity index (χ0) is 25.8. The summed E-state index contributed by atoms with van der Waals surface area (Å²) in [6, 6.07) is 10.2. The molecular formula is C22H19F6N3O4. The molecule has 0 bridgehead atoms. The lowest BCUT2D eigenvalue weighted by Gasteiger charge is -2.25. The molecule has 35 heavy (non-hydrogen) atoms. The molecule has 0 spiro atoms. The first-order chi connectivity index (χ1) is 16.4. The maximum atomic E-state index is 13.5. The van der Waals surface area contributed by atoms with Gasteiger partial charge in [-0.3, -0.25) is 9.69 Å². The number of hydrogen-bond donors (Lipinski definition) is 1. The van der Waals surface area contributed by atoms with Crippen LogP contribution in [0.25, 0.3) is 0 Å². The van der Waals surface area contributed by atoms with E-state index in [1.807, 2.05) is 0 Å². The van der Waals surface area contributed by atoms with Gasteiger partial charge in [0.2, 0.25) is 12.1 Å². The molecule has 1 N–H and O–H groups in total. The highest BCUT2D eigenvalue weighted by Crippen LogP contribution is 2.35. The summed E-state index contributed by atoms with van der Waals surface area (Å²) in [6.45, 7) is 0.151. The highest BCUT2D eigenvalue weighted by molar-refractivity contribution is 5.88. The molecule has 1 aliphatic rings. The van der Waals surface area contributed by atoms with Crippen LogP contribution in [0.5, 0.6) is 5.75 Å². The zero-order valence-electron chi connectivity index (χ0n) is 18.1. The van der Waals surface area contributed by atoms with Crippen LogP contribution in [0.1, 0.15) is 23.6 Å². The fraction of sp³-hybridized carbons (Fsp3) is 0.364. The molecule has 188 valence electrons. The van der Waals surface area contributed by atoms with Crippen molar-refractivity contribution in [1.82, 2.24) is 4.90 Å². The average molecular weight is 503 g/mol. The average Bonchev–Trinajstić information content (AvgIpc) is 3.17. The predicted molar refractivity (Wildman–Crippen MR) is 109 cm³/mol. The molecule has 0 saturated carbocycles. The lowest BCUT2D eigenvalue weighted by Crippen LogP contribution is -2.41. The van der Waals surface area contributed by atoms with Crippen molar-refractivity contribution >= 4 is 11.6 Å². The van der Waals surface area contributed by atoms with E-state index < -0.39 is 49.0 Å². The second kappa shape index (κ2) is 10.5. The number of nitrogens with one attached hydrogen (secondary N) is 1. The minimum Gasteiger partial charge on any atom is -0.347 e. The number of amides is 1. The first-order valence-corrected chi connectivity index (χ1v) is 10.1. The van der Waals surface area contributed by atoms with Crippen LogP contribution in [0, 0.1) is 11.3 Å². The maximum Gasteiger partial charge on any atom is 0.428 e. The van der Waals surface area contributed by atoms with Crippen LogP contribution in [0.2, 0.25) is 0 Å². The number of halogens is 6. The summed E-state index contributed by atoms with van der Waals surface area (Å²) in [5.41, 5.74) is -1.41. The third kappa shape index (κ3) is 7.08. The summed E-state index contributed by atoms with van der Waals surface area (Å²) < 4.78 is 85.1. The van der Waals surface area contributed by atoms with Crippen molar-refractivity contribution in [3.63, 3.8) is 0 Å². The number of hydrogen-bond acceptors (Lipinski definition) is 6. The highest BCUT2D eigenvalue weighted by atomic mass is 19.4. The van der Waals surface area contributed by atoms with Gasteiger partial charge in [0.15, 0.2) is 5.75 Å². The van der Waals surface area contributed by atoms with Gasteiger partial charge in [-0.25, -0.2) is 0 Å². The van der Waals surface area contributed by atoms with E-state index in [0.29, 0.717) is 11.8 Å². The Labute approximate surface area is 195 Å². The van der Waals surface area contributed by atoms with Crippen LogP contribution in [0.4, 0.5) is 32.0 Å². The van der Waals surface area contributed by atoms with Crippen molar-refractivity contribution in [3.8, 4) is 11.8 Å². The second-order valence-corrected chi connectivity index (χ2v) is 7.64. The number of rotatable bonds is 7. The Morgan fingerprint density at radius 3 is 2.43 bits per heavy atom. The van der Waals surface area contributed by atoms with E-state index in [-0.39, 0.29) is 23.8 Å². The Hall–Kier alpha value is -3.34. The van der Waals surface area contributed by atoms with Gasteiger partial charge >= 0.3 is 12.4 Å². The summed E-state index contributed by atoms with van der Waals surface area (Å²) in [4.78, 5) is 21.9. The molecule has 2 atom stereocenters. The number of nitriles is 1. The molecule has 0 aromatic heterocycles. The molecule has 3 rings (SSSR count). The van der Waals surface area contributed by atoms with E-state index in [9.17, 15) is 31.1 Å². The van der Waals surface area contributed by atoms with Crippen molar-refractivity contribution in [2.75, 3.05) is 18.5 Å². The summed E-state index contributed by atoms with van der Waals surface area (Å²) in [7, 11) is 0. The molecule has 0 radical (unpaired) electrons. The SMILES string of the molecule is CC(=O)Nc1ccc(OOC[C@@H]2CN(Cc3ccc(C#N)c(C(F)(F)F)c3)[C@H](C(F)(F)F)O2)cc1. The Morgan fingerprint density at radius 2 is 1.86 bits per heavy atom. The van der Waals surface area contributed by atoms with Gasteiger partial charge in [-0.2, -0.15) is 36.5 Å². The topological polar surface area (TPSA) is 83.8 Å². The summed E-state index contributed by atoms with van der Waals surface area (Å²) in [5, 5.41) is 11.4. The van der Waals surface area contributed by atoms with Crippen LogP contribution in [0.3, 0.4) is 0 Å². The van der Waals surface area contributed by atoms with Gasteiger partial charge in [0, 0.05) is 25.7 Å². The number of anilines is 1. The van der Waals surface area contributed by atoms with Gasteiger partial charge < -0.3 is 14.9 Å². The fourth-order valence-corrected chi connectivity index (χ4v) is 3.42. The summed E-state index contributed by atoms with van der Waals surface area (Å²) in [5.74, 6) is -0.0497. The second-order valence-electron chi connectivity index (χ2n) is 7.64. The predicted octanol–water partition coefficient (Wildman–Crippen LogP) is 4.64. The van der Waals surface area contributed by atoms with Gasteiger partial charge in [-0.1, -0.05) is 6.07 Å². The molecule has 2 aromatic rings. The normalized spacial score (nSPS) is 18.8. The van der Waals surface area contributed by atoms with E-state index in [2.05, 4.69) is 5.32 Å². The van der Waals surface area contributed by atoms with E-state index >= 15 is 0 Å². The molecule has 1 aliphatic heterocycles. The Bertz CT molecular complexity index is 1080. The number of alkyl halides is 6. The molecule has 7 nitrogen and oxygen atoms in total. The highest BCUT2D eigenvalue weighted by Gasteiger charge is 2.50. The van der Waals surface area contributed by atoms with Gasteiger partial charge in [-0.15, -0.1) is 0 Å². The minimum atomic E-state index is -4.83. The van der Waals surface area contributed by atoms with Crippen molar-refractivity contribution in [3.05, 3.63) is 59.2 Å². The number of nitrogens with zero attached hydrogens (tertiary/aromatic N) is 2. The number of benzene rings is 2. The number of ether oxygens (including phenoxy) is 1. The molecule has 1 amide bonds. The first-order valence-electron chi connectivity index (χ1n) is 10.1. The van der Waals surface area contributed by atoms with Gasteiger partial charge in [0.1, 0.15) is 12.7 Å². The van der Waals surface area contributed by atoms with Crippen LogP contribution < -0.4 is 10.2 Å². The first kappa shape index (κ1) is 26.3. The smallest absolute Gasteiger partial charge is 0.347 e. The van der Waals surface area contributed by atoms with Gasteiger partial charge in [0.05, 0.1) is 17.2 Å². The Kier molecular flexibility index (Phi) is 7.89. The van der Waals surface area contributed by atoms with E-state index in [1.54, 1.807) is 0 Å². The zero-order valence-corrected chi connectivity index (χ0v) is 18.1. The molecule has 1 saturated heterocycles. The monoisotopic (exact) mass is 503 g/mol. The van der Waals surface area contributed by atoms with Gasteiger partial charge in [0.25, 0.3) is 0 Å². The van der Waals surface area contributed by atoms with Crippen molar-refractivity contribution in [2.45, 2.75) is 38.2 Å². The van der Waals surface area contributed by atoms with E-state index in [4.69, 9.17) is 19.8 Å². The quantitative estimate of drug-likeness (QED) is 0.337.